The van der Waals surface area contributed by atoms with Crippen LogP contribution in [0.2, 0.25) is 0 Å². The van der Waals surface area contributed by atoms with E-state index in [9.17, 15) is 0 Å². The van der Waals surface area contributed by atoms with Gasteiger partial charge in [0.15, 0.2) is 0 Å². The Labute approximate surface area is 110 Å². The molecule has 1 saturated carbocycles. The molecular weight excluding hydrogens is 220 g/mol. The maximum Gasteiger partial charge on any atom is 0.0233 e. The molecule has 1 heterocycles. The molecule has 1 aliphatic heterocycles. The van der Waals surface area contributed by atoms with Gasteiger partial charge < -0.3 is 5.73 Å². The van der Waals surface area contributed by atoms with Crippen molar-refractivity contribution in [2.45, 2.75) is 44.7 Å². The molecule has 2 N–H and O–H groups in total. The highest BCUT2D eigenvalue weighted by atomic mass is 15.1. The van der Waals surface area contributed by atoms with Crippen LogP contribution in [0.3, 0.4) is 0 Å². The van der Waals surface area contributed by atoms with Gasteiger partial charge in [-0.05, 0) is 55.7 Å². The molecular formula is C16H24N2. The minimum Gasteiger partial charge on any atom is -0.328 e. The van der Waals surface area contributed by atoms with Gasteiger partial charge in [-0.15, -0.1) is 0 Å². The van der Waals surface area contributed by atoms with Crippen LogP contribution < -0.4 is 5.73 Å². The molecule has 1 aromatic carbocycles. The molecule has 2 aliphatic rings. The Morgan fingerprint density at radius 3 is 2.50 bits per heavy atom. The number of hydrogen-bond acceptors (Lipinski definition) is 2. The van der Waals surface area contributed by atoms with Crippen LogP contribution in [0, 0.1) is 5.92 Å². The summed E-state index contributed by atoms with van der Waals surface area (Å²) in [5.74, 6) is 1.56. The average molecular weight is 244 g/mol. The van der Waals surface area contributed by atoms with Crippen LogP contribution >= 0.6 is 0 Å². The summed E-state index contributed by atoms with van der Waals surface area (Å²) < 4.78 is 0. The van der Waals surface area contributed by atoms with E-state index in [4.69, 9.17) is 5.73 Å². The van der Waals surface area contributed by atoms with E-state index in [1.807, 2.05) is 0 Å². The molecule has 0 spiro atoms. The van der Waals surface area contributed by atoms with Crippen molar-refractivity contribution in [1.82, 2.24) is 4.90 Å². The molecule has 0 aromatic heterocycles. The van der Waals surface area contributed by atoms with Crippen LogP contribution in [0.25, 0.3) is 0 Å². The van der Waals surface area contributed by atoms with E-state index in [2.05, 4.69) is 36.1 Å². The first-order valence-corrected chi connectivity index (χ1v) is 7.29. The second-order valence-electron chi connectivity index (χ2n) is 6.16. The molecule has 98 valence electrons. The van der Waals surface area contributed by atoms with E-state index in [1.54, 1.807) is 0 Å². The van der Waals surface area contributed by atoms with Gasteiger partial charge in [-0.2, -0.15) is 0 Å². The molecule has 2 atom stereocenters. The Kier molecular flexibility index (Phi) is 3.40. The first kappa shape index (κ1) is 12.2. The van der Waals surface area contributed by atoms with Gasteiger partial charge in [-0.1, -0.05) is 24.3 Å². The molecule has 18 heavy (non-hydrogen) atoms. The Morgan fingerprint density at radius 1 is 1.22 bits per heavy atom. The predicted molar refractivity (Wildman–Crippen MR) is 75.5 cm³/mol. The summed E-state index contributed by atoms with van der Waals surface area (Å²) in [4.78, 5) is 2.54. The van der Waals surface area contributed by atoms with Crippen molar-refractivity contribution >= 4 is 0 Å². The molecule has 0 radical (unpaired) electrons. The fourth-order valence-corrected chi connectivity index (χ4v) is 3.01. The summed E-state index contributed by atoms with van der Waals surface area (Å²) >= 11 is 0. The predicted octanol–water partition coefficient (Wildman–Crippen LogP) is 2.73. The smallest absolute Gasteiger partial charge is 0.0233 e. The first-order chi connectivity index (χ1) is 8.72. The van der Waals surface area contributed by atoms with Crippen LogP contribution in [0.15, 0.2) is 24.3 Å². The van der Waals surface area contributed by atoms with Gasteiger partial charge >= 0.3 is 0 Å². The highest BCUT2D eigenvalue weighted by Gasteiger charge is 2.25. The lowest BCUT2D eigenvalue weighted by atomic mass is 10.0. The quantitative estimate of drug-likeness (QED) is 0.882. The summed E-state index contributed by atoms with van der Waals surface area (Å²) in [7, 11) is 0. The summed E-state index contributed by atoms with van der Waals surface area (Å²) in [6.07, 6.45) is 4.04. The third kappa shape index (κ3) is 2.76. The van der Waals surface area contributed by atoms with Gasteiger partial charge in [0.2, 0.25) is 0 Å². The zero-order valence-electron chi connectivity index (χ0n) is 11.3. The SMILES string of the molecule is CC(N)C1CCN(Cc2ccc(C3CC3)cc2)C1. The number of benzene rings is 1. The van der Waals surface area contributed by atoms with Gasteiger partial charge in [0.25, 0.3) is 0 Å². The maximum absolute atomic E-state index is 5.99. The van der Waals surface area contributed by atoms with Crippen molar-refractivity contribution in [2.24, 2.45) is 11.7 Å². The highest BCUT2D eigenvalue weighted by Crippen LogP contribution is 2.39. The van der Waals surface area contributed by atoms with Crippen molar-refractivity contribution < 1.29 is 0 Å². The fourth-order valence-electron chi connectivity index (χ4n) is 3.01. The zero-order valence-corrected chi connectivity index (χ0v) is 11.3. The van der Waals surface area contributed by atoms with Gasteiger partial charge in [0.05, 0.1) is 0 Å². The molecule has 2 fully saturated rings. The minimum absolute atomic E-state index is 0.340. The van der Waals surface area contributed by atoms with Gasteiger partial charge in [0, 0.05) is 19.1 Å². The lowest BCUT2D eigenvalue weighted by Gasteiger charge is -2.18. The average Bonchev–Trinajstić information content (AvgIpc) is 3.10. The Balaban J connectivity index is 1.56. The van der Waals surface area contributed by atoms with Crippen LogP contribution in [0.5, 0.6) is 0 Å². The topological polar surface area (TPSA) is 29.3 Å². The number of nitrogens with two attached hydrogens (primary N) is 1. The van der Waals surface area contributed by atoms with E-state index >= 15 is 0 Å². The summed E-state index contributed by atoms with van der Waals surface area (Å²) in [5, 5.41) is 0. The molecule has 2 nitrogen and oxygen atoms in total. The van der Waals surface area contributed by atoms with E-state index in [0.29, 0.717) is 12.0 Å². The zero-order chi connectivity index (χ0) is 12.5. The van der Waals surface area contributed by atoms with Crippen LogP contribution in [-0.4, -0.2) is 24.0 Å². The number of likely N-dealkylation sites (tertiary alicyclic amines) is 1. The van der Waals surface area contributed by atoms with Gasteiger partial charge in [-0.3, -0.25) is 4.90 Å². The third-order valence-corrected chi connectivity index (χ3v) is 4.49. The van der Waals surface area contributed by atoms with E-state index in [-0.39, 0.29) is 0 Å². The second-order valence-corrected chi connectivity index (χ2v) is 6.16. The molecule has 1 aromatic rings. The number of nitrogens with zero attached hydrogens (tertiary/aromatic N) is 1. The minimum atomic E-state index is 0.340. The molecule has 3 rings (SSSR count). The van der Waals surface area contributed by atoms with Crippen LogP contribution in [-0.2, 0) is 6.54 Å². The molecule has 0 amide bonds. The molecule has 1 aliphatic carbocycles. The maximum atomic E-state index is 5.99. The van der Waals surface area contributed by atoms with E-state index in [0.717, 1.165) is 12.5 Å². The molecule has 0 bridgehead atoms. The monoisotopic (exact) mass is 244 g/mol. The summed E-state index contributed by atoms with van der Waals surface area (Å²) in [6, 6.07) is 9.62. The number of hydrogen-bond donors (Lipinski definition) is 1. The Bertz CT molecular complexity index is 392. The number of rotatable bonds is 4. The van der Waals surface area contributed by atoms with Crippen molar-refractivity contribution in [3.63, 3.8) is 0 Å². The normalized spacial score (nSPS) is 26.4. The van der Waals surface area contributed by atoms with E-state index < -0.39 is 0 Å². The Hall–Kier alpha value is -0.860. The largest absolute Gasteiger partial charge is 0.328 e. The van der Waals surface area contributed by atoms with Crippen molar-refractivity contribution in [2.75, 3.05) is 13.1 Å². The van der Waals surface area contributed by atoms with Crippen LogP contribution in [0.4, 0.5) is 0 Å². The Morgan fingerprint density at radius 2 is 1.94 bits per heavy atom. The molecule has 1 saturated heterocycles. The standard InChI is InChI=1S/C16H24N2/c1-12(17)16-8-9-18(11-16)10-13-2-4-14(5-3-13)15-6-7-15/h2-5,12,15-16H,6-11,17H2,1H3. The lowest BCUT2D eigenvalue weighted by Crippen LogP contribution is -2.29. The highest BCUT2D eigenvalue weighted by molar-refractivity contribution is 5.28. The van der Waals surface area contributed by atoms with Crippen molar-refractivity contribution in [1.29, 1.82) is 0 Å². The van der Waals surface area contributed by atoms with Crippen molar-refractivity contribution in [3.8, 4) is 0 Å². The van der Waals surface area contributed by atoms with E-state index in [1.165, 1.54) is 43.5 Å². The molecule has 2 unspecified atom stereocenters. The van der Waals surface area contributed by atoms with Crippen molar-refractivity contribution in [3.05, 3.63) is 35.4 Å². The third-order valence-electron chi connectivity index (χ3n) is 4.49. The first-order valence-electron chi connectivity index (χ1n) is 7.29. The lowest BCUT2D eigenvalue weighted by molar-refractivity contribution is 0.308. The second kappa shape index (κ2) is 5.02. The fraction of sp³-hybridized carbons (Fsp3) is 0.625. The molecule has 2 heteroatoms. The van der Waals surface area contributed by atoms with Gasteiger partial charge in [0.1, 0.15) is 0 Å². The van der Waals surface area contributed by atoms with Gasteiger partial charge in [-0.25, -0.2) is 0 Å². The van der Waals surface area contributed by atoms with Crippen LogP contribution in [0.1, 0.15) is 43.2 Å². The summed E-state index contributed by atoms with van der Waals surface area (Å²) in [5.41, 5.74) is 8.97. The summed E-state index contributed by atoms with van der Waals surface area (Å²) in [6.45, 7) is 5.60.